The Balaban J connectivity index is 1.53. The van der Waals surface area contributed by atoms with E-state index in [2.05, 4.69) is 34.5 Å². The van der Waals surface area contributed by atoms with E-state index < -0.39 is 0 Å². The molecule has 0 saturated carbocycles. The molecule has 0 unspecified atom stereocenters. The normalized spacial score (nSPS) is 11.3. The lowest BCUT2D eigenvalue weighted by molar-refractivity contribution is 0.560. The lowest BCUT2D eigenvalue weighted by atomic mass is 10.0. The van der Waals surface area contributed by atoms with Gasteiger partial charge in [0.1, 0.15) is 5.52 Å². The summed E-state index contributed by atoms with van der Waals surface area (Å²) in [6, 6.07) is 6.30. The van der Waals surface area contributed by atoms with Crippen LogP contribution < -0.4 is 0 Å². The van der Waals surface area contributed by atoms with Crippen molar-refractivity contribution in [3.05, 3.63) is 30.7 Å². The monoisotopic (exact) mass is 286 g/mol. The van der Waals surface area contributed by atoms with Crippen LogP contribution in [0.2, 0.25) is 0 Å². The molecule has 0 saturated heterocycles. The minimum atomic E-state index is 1.04. The topological polar surface area (TPSA) is 41.6 Å². The quantitative estimate of drug-likeness (QED) is 0.574. The largest absolute Gasteiger partial charge is 0.258 e. The molecule has 2 aromatic rings. The molecule has 3 nitrogen and oxygen atoms in total. The fourth-order valence-corrected chi connectivity index (χ4v) is 2.86. The Morgan fingerprint density at radius 3 is 2.24 bits per heavy atom. The van der Waals surface area contributed by atoms with Gasteiger partial charge in [0.25, 0.3) is 0 Å². The Kier molecular flexibility index (Phi) is 7.27. The van der Waals surface area contributed by atoms with Gasteiger partial charge in [-0.15, -0.1) is 5.10 Å². The average Bonchev–Trinajstić information content (AvgIpc) is 2.98. The summed E-state index contributed by atoms with van der Waals surface area (Å²) < 4.78 is 0. The van der Waals surface area contributed by atoms with Gasteiger partial charge in [0.15, 0.2) is 0 Å². The third kappa shape index (κ3) is 5.49. The maximum absolute atomic E-state index is 4.17. The summed E-state index contributed by atoms with van der Waals surface area (Å²) in [6.07, 6.45) is 14.4. The van der Waals surface area contributed by atoms with Crippen LogP contribution in [0.15, 0.2) is 18.2 Å². The molecule has 0 spiro atoms. The van der Waals surface area contributed by atoms with Gasteiger partial charge in [-0.2, -0.15) is 0 Å². The highest BCUT2D eigenvalue weighted by molar-refractivity contribution is 5.77. The smallest absolute Gasteiger partial charge is 0.116 e. The molecule has 115 valence electrons. The first-order chi connectivity index (χ1) is 10.4. The first-order valence-electron chi connectivity index (χ1n) is 8.49. The van der Waals surface area contributed by atoms with E-state index >= 15 is 0 Å². The van der Waals surface area contributed by atoms with E-state index in [0.717, 1.165) is 23.9 Å². The summed E-state index contributed by atoms with van der Waals surface area (Å²) in [4.78, 5) is 0. The molecule has 1 heterocycles. The van der Waals surface area contributed by atoms with Crippen LogP contribution in [-0.2, 0) is 6.42 Å². The number of nitrogens with zero attached hydrogens (tertiary/aromatic N) is 2. The van der Waals surface area contributed by atoms with E-state index in [0.29, 0.717) is 0 Å². The summed E-state index contributed by atoms with van der Waals surface area (Å²) in [5.41, 5.74) is 3.42. The number of H-pyrrole nitrogens is 1. The number of rotatable bonds is 11. The minimum Gasteiger partial charge on any atom is -0.258 e. The maximum atomic E-state index is 4.17. The molecule has 0 amide bonds. The fraction of sp³-hybridized carbons (Fsp3) is 0.611. The van der Waals surface area contributed by atoms with Crippen molar-refractivity contribution in [2.24, 2.45) is 0 Å². The number of aryl methyl sites for hydroxylation is 1. The van der Waals surface area contributed by atoms with Gasteiger partial charge >= 0.3 is 0 Å². The van der Waals surface area contributed by atoms with Crippen LogP contribution in [0.4, 0.5) is 0 Å². The number of nitrogens with one attached hydrogen (secondary N) is 1. The molecule has 1 N–H and O–H groups in total. The fourth-order valence-electron chi connectivity index (χ4n) is 2.86. The molecule has 0 aliphatic rings. The summed E-state index contributed by atoms with van der Waals surface area (Å²) in [7, 11) is 0. The van der Waals surface area contributed by atoms with Crippen molar-refractivity contribution in [1.82, 2.24) is 15.4 Å². The van der Waals surface area contributed by atoms with Crippen molar-refractivity contribution < 1.29 is 0 Å². The summed E-state index contributed by atoms with van der Waals surface area (Å²) in [6.45, 7) is 3.88. The first kappa shape index (κ1) is 16.0. The first-order valence-corrected chi connectivity index (χ1v) is 8.49. The molecular formula is C18H28N3. The molecule has 0 aliphatic heterocycles. The Labute approximate surface area is 128 Å². The zero-order valence-electron chi connectivity index (χ0n) is 13.1. The highest BCUT2D eigenvalue weighted by Gasteiger charge is 2.03. The van der Waals surface area contributed by atoms with Crippen molar-refractivity contribution in [1.29, 1.82) is 0 Å². The number of hydrogen-bond donors (Lipinski definition) is 1. The summed E-state index contributed by atoms with van der Waals surface area (Å²) in [5, 5.41) is 11.0. The third-order valence-electron chi connectivity index (χ3n) is 4.14. The second kappa shape index (κ2) is 9.54. The molecule has 0 bridgehead atoms. The second-order valence-corrected chi connectivity index (χ2v) is 5.91. The van der Waals surface area contributed by atoms with E-state index in [-0.39, 0.29) is 0 Å². The van der Waals surface area contributed by atoms with Crippen LogP contribution in [0.25, 0.3) is 11.0 Å². The number of aromatic amines is 1. The van der Waals surface area contributed by atoms with Crippen molar-refractivity contribution >= 4 is 11.0 Å². The summed E-state index contributed by atoms with van der Waals surface area (Å²) >= 11 is 0. The highest BCUT2D eigenvalue weighted by atomic mass is 15.3. The van der Waals surface area contributed by atoms with Gasteiger partial charge < -0.3 is 0 Å². The predicted octanol–water partition coefficient (Wildman–Crippen LogP) is 5.24. The van der Waals surface area contributed by atoms with Crippen molar-refractivity contribution in [3.8, 4) is 0 Å². The number of hydrogen-bond acceptors (Lipinski definition) is 2. The van der Waals surface area contributed by atoms with Crippen LogP contribution in [-0.4, -0.2) is 15.4 Å². The molecular weight excluding hydrogens is 258 g/mol. The Morgan fingerprint density at radius 2 is 1.52 bits per heavy atom. The lowest BCUT2D eigenvalue weighted by Crippen LogP contribution is -1.88. The van der Waals surface area contributed by atoms with Gasteiger partial charge in [0.2, 0.25) is 0 Å². The third-order valence-corrected chi connectivity index (χ3v) is 4.14. The van der Waals surface area contributed by atoms with Crippen LogP contribution in [0.3, 0.4) is 0 Å². The van der Waals surface area contributed by atoms with Crippen molar-refractivity contribution in [2.75, 3.05) is 0 Å². The zero-order chi connectivity index (χ0) is 14.8. The van der Waals surface area contributed by atoms with Crippen LogP contribution in [0, 0.1) is 6.92 Å². The summed E-state index contributed by atoms with van der Waals surface area (Å²) in [5.74, 6) is 0. The van der Waals surface area contributed by atoms with Gasteiger partial charge in [-0.25, -0.2) is 0 Å². The van der Waals surface area contributed by atoms with Crippen LogP contribution >= 0.6 is 0 Å². The Bertz CT molecular complexity index is 504. The Hall–Kier alpha value is -1.38. The molecule has 1 radical (unpaired) electrons. The zero-order valence-corrected chi connectivity index (χ0v) is 13.1. The van der Waals surface area contributed by atoms with Gasteiger partial charge in [-0.1, -0.05) is 82.1 Å². The van der Waals surface area contributed by atoms with E-state index in [4.69, 9.17) is 0 Å². The van der Waals surface area contributed by atoms with Gasteiger partial charge in [0.05, 0.1) is 5.52 Å². The average molecular weight is 286 g/mol. The standard InChI is InChI=1S/C18H28N3/c1-2-3-4-5-6-7-8-9-10-11-13-16-14-12-15-17-18(16)20-21-19-17/h12,14-15H,1-11,13H2,(H,19,20,21). The molecule has 1 aromatic carbocycles. The maximum Gasteiger partial charge on any atom is 0.116 e. The highest BCUT2D eigenvalue weighted by Crippen LogP contribution is 2.17. The van der Waals surface area contributed by atoms with E-state index in [9.17, 15) is 0 Å². The molecule has 21 heavy (non-hydrogen) atoms. The van der Waals surface area contributed by atoms with E-state index in [1.165, 1.54) is 63.4 Å². The molecule has 2 rings (SSSR count). The number of fused-ring (bicyclic) bond motifs is 1. The van der Waals surface area contributed by atoms with E-state index in [1.807, 2.05) is 6.07 Å². The van der Waals surface area contributed by atoms with Crippen molar-refractivity contribution in [2.45, 2.75) is 70.6 Å². The van der Waals surface area contributed by atoms with Crippen LogP contribution in [0.1, 0.15) is 69.8 Å². The predicted molar refractivity (Wildman–Crippen MR) is 89.1 cm³/mol. The van der Waals surface area contributed by atoms with E-state index in [1.54, 1.807) is 0 Å². The van der Waals surface area contributed by atoms with Gasteiger partial charge in [-0.05, 0) is 24.5 Å². The van der Waals surface area contributed by atoms with Crippen LogP contribution in [0.5, 0.6) is 0 Å². The molecule has 0 aliphatic carbocycles. The molecule has 1 aromatic heterocycles. The van der Waals surface area contributed by atoms with Gasteiger partial charge in [0, 0.05) is 0 Å². The minimum absolute atomic E-state index is 1.04. The molecule has 0 atom stereocenters. The number of aromatic nitrogens is 3. The SMILES string of the molecule is [CH2]CCCCCCCCCCCc1cccc2[nH]nnc12. The molecule has 0 fully saturated rings. The number of benzene rings is 1. The molecule has 3 heteroatoms. The van der Waals surface area contributed by atoms with Crippen molar-refractivity contribution in [3.63, 3.8) is 0 Å². The lowest BCUT2D eigenvalue weighted by Gasteiger charge is -2.03. The van der Waals surface area contributed by atoms with Gasteiger partial charge in [-0.3, -0.25) is 5.10 Å². The second-order valence-electron chi connectivity index (χ2n) is 5.91. The number of unbranched alkanes of at least 4 members (excludes halogenated alkanes) is 9. The Morgan fingerprint density at radius 1 is 0.857 bits per heavy atom.